The van der Waals surface area contributed by atoms with Crippen LogP contribution in [0.1, 0.15) is 58.3 Å². The van der Waals surface area contributed by atoms with Crippen LogP contribution in [0, 0.1) is 17.8 Å². The third kappa shape index (κ3) is 4.18. The van der Waals surface area contributed by atoms with Gasteiger partial charge in [-0.2, -0.15) is 10.6 Å². The van der Waals surface area contributed by atoms with Crippen molar-refractivity contribution in [3.05, 3.63) is 11.9 Å². The fraction of sp³-hybridized carbons (Fsp3) is 0.909. The molecule has 28 heavy (non-hydrogen) atoms. The molecule has 0 spiro atoms. The van der Waals surface area contributed by atoms with Gasteiger partial charge in [0.1, 0.15) is 5.83 Å². The molecule has 2 saturated heterocycles. The Morgan fingerprint density at radius 1 is 1.14 bits per heavy atom. The molecule has 4 rings (SSSR count). The molecule has 6 heteroatoms. The van der Waals surface area contributed by atoms with Crippen molar-refractivity contribution in [3.8, 4) is 0 Å². The standard InChI is InChI=1S/C22H39FN2O2S/c1-15-11-22(28(3,26)27-2)18(23)13-21(15)25-10-9-19-17(14-25)12-20(24-19)16-7-5-4-6-8-16/h13,15-17,19-22,24,26H,4-12,14H2,1-3H3. The molecule has 1 saturated carbocycles. The fourth-order valence-electron chi connectivity index (χ4n) is 6.32. The van der Waals surface area contributed by atoms with Crippen LogP contribution < -0.4 is 5.32 Å². The van der Waals surface area contributed by atoms with E-state index in [0.29, 0.717) is 30.3 Å². The molecule has 0 aromatic heterocycles. The molecule has 0 radical (unpaired) electrons. The molecular formula is C22H39FN2O2S. The Morgan fingerprint density at radius 2 is 1.89 bits per heavy atom. The van der Waals surface area contributed by atoms with Gasteiger partial charge >= 0.3 is 0 Å². The van der Waals surface area contributed by atoms with E-state index in [-0.39, 0.29) is 11.9 Å². The second-order valence-corrected chi connectivity index (χ2v) is 12.5. The minimum atomic E-state index is -2.36. The van der Waals surface area contributed by atoms with Gasteiger partial charge in [0.05, 0.1) is 12.4 Å². The molecule has 2 aliphatic carbocycles. The van der Waals surface area contributed by atoms with E-state index in [9.17, 15) is 8.94 Å². The zero-order chi connectivity index (χ0) is 19.9. The number of hydrogen-bond donors (Lipinski definition) is 2. The highest BCUT2D eigenvalue weighted by molar-refractivity contribution is 8.25. The van der Waals surface area contributed by atoms with Crippen LogP contribution in [0.3, 0.4) is 0 Å². The fourth-order valence-corrected chi connectivity index (χ4v) is 7.71. The van der Waals surface area contributed by atoms with Crippen LogP contribution in [0.4, 0.5) is 4.39 Å². The number of likely N-dealkylation sites (tertiary alicyclic amines) is 1. The SMILES string of the molecule is COS(C)(O)C1CC(C)C(N2CCC3NC(C4CCCCC4)CC3C2)C=C1F. The predicted octanol–water partition coefficient (Wildman–Crippen LogP) is 4.72. The maximum absolute atomic E-state index is 14.9. The van der Waals surface area contributed by atoms with E-state index in [1.807, 2.05) is 0 Å². The Kier molecular flexibility index (Phi) is 6.44. The van der Waals surface area contributed by atoms with Gasteiger partial charge < -0.3 is 5.32 Å². The molecule has 3 fully saturated rings. The summed E-state index contributed by atoms with van der Waals surface area (Å²) < 4.78 is 30.6. The largest absolute Gasteiger partial charge is 0.311 e. The quantitative estimate of drug-likeness (QED) is 0.699. The average molecular weight is 415 g/mol. The van der Waals surface area contributed by atoms with Crippen molar-refractivity contribution in [1.29, 1.82) is 0 Å². The second-order valence-electron chi connectivity index (χ2n) is 9.83. The number of fused-ring (bicyclic) bond motifs is 1. The molecule has 4 nitrogen and oxygen atoms in total. The zero-order valence-corrected chi connectivity index (χ0v) is 18.6. The van der Waals surface area contributed by atoms with Gasteiger partial charge in [-0.05, 0) is 55.9 Å². The Labute approximate surface area is 172 Å². The minimum Gasteiger partial charge on any atom is -0.311 e. The molecular weight excluding hydrogens is 375 g/mol. The Morgan fingerprint density at radius 3 is 2.61 bits per heavy atom. The van der Waals surface area contributed by atoms with Gasteiger partial charge in [-0.3, -0.25) is 13.6 Å². The van der Waals surface area contributed by atoms with E-state index in [1.54, 1.807) is 12.3 Å². The maximum atomic E-state index is 14.9. The summed E-state index contributed by atoms with van der Waals surface area (Å²) in [5.74, 6) is 1.74. The number of nitrogens with one attached hydrogen (secondary N) is 1. The van der Waals surface area contributed by atoms with Gasteiger partial charge in [-0.1, -0.05) is 26.2 Å². The lowest BCUT2D eigenvalue weighted by Gasteiger charge is -2.47. The van der Waals surface area contributed by atoms with E-state index in [1.165, 1.54) is 52.1 Å². The number of piperidine rings is 1. The number of hydrogen-bond acceptors (Lipinski definition) is 4. The maximum Gasteiger partial charge on any atom is 0.120 e. The minimum absolute atomic E-state index is 0.151. The summed E-state index contributed by atoms with van der Waals surface area (Å²) in [4.78, 5) is 2.52. The molecule has 2 heterocycles. The van der Waals surface area contributed by atoms with Crippen molar-refractivity contribution in [2.24, 2.45) is 17.8 Å². The van der Waals surface area contributed by atoms with Crippen molar-refractivity contribution in [1.82, 2.24) is 10.2 Å². The number of halogens is 1. The van der Waals surface area contributed by atoms with E-state index >= 15 is 0 Å². The molecule has 7 atom stereocenters. The van der Waals surface area contributed by atoms with Crippen LogP contribution in [-0.4, -0.2) is 59.3 Å². The summed E-state index contributed by atoms with van der Waals surface area (Å²) in [5.41, 5.74) is 0. The second kappa shape index (κ2) is 8.54. The van der Waals surface area contributed by atoms with Crippen LogP contribution in [0.5, 0.6) is 0 Å². The van der Waals surface area contributed by atoms with Crippen LogP contribution in [-0.2, 0) is 4.18 Å². The van der Waals surface area contributed by atoms with Crippen molar-refractivity contribution >= 4 is 10.6 Å². The average Bonchev–Trinajstić information content (AvgIpc) is 3.13. The van der Waals surface area contributed by atoms with Crippen molar-refractivity contribution in [3.63, 3.8) is 0 Å². The van der Waals surface area contributed by atoms with Crippen molar-refractivity contribution < 1.29 is 13.1 Å². The van der Waals surface area contributed by atoms with Crippen LogP contribution in [0.2, 0.25) is 0 Å². The lowest BCUT2D eigenvalue weighted by molar-refractivity contribution is 0.1000. The first-order valence-corrected chi connectivity index (χ1v) is 13.3. The number of rotatable bonds is 4. The summed E-state index contributed by atoms with van der Waals surface area (Å²) in [6, 6.07) is 1.51. The summed E-state index contributed by atoms with van der Waals surface area (Å²) >= 11 is 0. The van der Waals surface area contributed by atoms with Gasteiger partial charge in [0.2, 0.25) is 0 Å². The first-order valence-electron chi connectivity index (χ1n) is 11.3. The topological polar surface area (TPSA) is 44.7 Å². The van der Waals surface area contributed by atoms with E-state index in [0.717, 1.165) is 19.0 Å². The molecule has 0 bridgehead atoms. The highest BCUT2D eigenvalue weighted by Crippen LogP contribution is 2.53. The summed E-state index contributed by atoms with van der Waals surface area (Å²) in [7, 11) is -0.877. The lowest BCUT2D eigenvalue weighted by atomic mass is 9.81. The van der Waals surface area contributed by atoms with Crippen molar-refractivity contribution in [2.45, 2.75) is 81.7 Å². The molecule has 4 aliphatic rings. The smallest absolute Gasteiger partial charge is 0.120 e. The Bertz CT molecular complexity index is 581. The van der Waals surface area contributed by atoms with E-state index in [4.69, 9.17) is 4.18 Å². The lowest BCUT2D eigenvalue weighted by Crippen LogP contribution is -2.51. The molecule has 2 N–H and O–H groups in total. The third-order valence-corrected chi connectivity index (χ3v) is 10.2. The molecule has 0 aromatic carbocycles. The van der Waals surface area contributed by atoms with E-state index in [2.05, 4.69) is 17.1 Å². The predicted molar refractivity (Wildman–Crippen MR) is 115 cm³/mol. The normalized spacial score (nSPS) is 43.8. The molecule has 0 amide bonds. The van der Waals surface area contributed by atoms with Gasteiger partial charge in [-0.15, -0.1) is 0 Å². The van der Waals surface area contributed by atoms with Gasteiger partial charge in [0.25, 0.3) is 0 Å². The Hall–Kier alpha value is -0.140. The van der Waals surface area contributed by atoms with Crippen LogP contribution in [0.15, 0.2) is 11.9 Å². The highest BCUT2D eigenvalue weighted by atomic mass is 32.3. The first-order chi connectivity index (χ1) is 13.4. The first kappa shape index (κ1) is 21.1. The number of nitrogens with zero attached hydrogens (tertiary/aromatic N) is 1. The van der Waals surface area contributed by atoms with Gasteiger partial charge in [0.15, 0.2) is 0 Å². The van der Waals surface area contributed by atoms with Crippen molar-refractivity contribution in [2.75, 3.05) is 26.5 Å². The molecule has 162 valence electrons. The van der Waals surface area contributed by atoms with Crippen LogP contribution >= 0.6 is 10.6 Å². The van der Waals surface area contributed by atoms with Gasteiger partial charge in [0, 0.05) is 37.5 Å². The monoisotopic (exact) mass is 414 g/mol. The summed E-state index contributed by atoms with van der Waals surface area (Å²) in [6.45, 7) is 4.33. The molecule has 7 unspecified atom stereocenters. The zero-order valence-electron chi connectivity index (χ0n) is 17.8. The summed E-state index contributed by atoms with van der Waals surface area (Å²) in [5, 5.41) is 3.50. The van der Waals surface area contributed by atoms with Gasteiger partial charge in [-0.25, -0.2) is 4.39 Å². The highest BCUT2D eigenvalue weighted by Gasteiger charge is 2.44. The Balaban J connectivity index is 1.40. The van der Waals surface area contributed by atoms with Crippen LogP contribution in [0.25, 0.3) is 0 Å². The molecule has 0 aromatic rings. The molecule has 2 aliphatic heterocycles. The third-order valence-electron chi connectivity index (χ3n) is 8.06. The summed E-state index contributed by atoms with van der Waals surface area (Å²) in [6.07, 6.45) is 13.6. The van der Waals surface area contributed by atoms with E-state index < -0.39 is 15.8 Å².